The Kier molecular flexibility index (Phi) is 4.39. The molecule has 0 aliphatic carbocycles. The van der Waals surface area contributed by atoms with Gasteiger partial charge in [-0.3, -0.25) is 19.1 Å². The first kappa shape index (κ1) is 18.2. The first-order valence-electron chi connectivity index (χ1n) is 9.79. The Morgan fingerprint density at radius 1 is 1.03 bits per heavy atom. The van der Waals surface area contributed by atoms with Gasteiger partial charge in [0.2, 0.25) is 5.95 Å². The molecule has 150 valence electrons. The second-order valence-electron chi connectivity index (χ2n) is 7.54. The average Bonchev–Trinajstić information content (AvgIpc) is 2.75. The first-order valence-corrected chi connectivity index (χ1v) is 9.79. The molecule has 0 radical (unpaired) electrons. The molecule has 1 aromatic carbocycles. The van der Waals surface area contributed by atoms with Crippen LogP contribution in [0.3, 0.4) is 0 Å². The second kappa shape index (κ2) is 7.22. The maximum absolute atomic E-state index is 12.6. The average molecular weight is 400 g/mol. The predicted octanol–water partition coefficient (Wildman–Crippen LogP) is 1.69. The van der Waals surface area contributed by atoms with Crippen molar-refractivity contribution in [1.29, 1.82) is 0 Å². The molecule has 0 unspecified atom stereocenters. The summed E-state index contributed by atoms with van der Waals surface area (Å²) in [6.07, 6.45) is 3.44. The maximum Gasteiger partial charge on any atom is 0.266 e. The van der Waals surface area contributed by atoms with Gasteiger partial charge in [-0.2, -0.15) is 5.10 Å². The van der Waals surface area contributed by atoms with Gasteiger partial charge in [0.15, 0.2) is 0 Å². The zero-order chi connectivity index (χ0) is 20.7. The number of anilines is 1. The predicted molar refractivity (Wildman–Crippen MR) is 114 cm³/mol. The normalized spacial score (nSPS) is 14.1. The Bertz CT molecular complexity index is 1340. The molecule has 1 saturated heterocycles. The van der Waals surface area contributed by atoms with Crippen molar-refractivity contribution in [2.24, 2.45) is 13.0 Å². The van der Waals surface area contributed by atoms with Crippen LogP contribution in [-0.4, -0.2) is 37.4 Å². The molecule has 0 N–H and O–H groups in total. The van der Waals surface area contributed by atoms with Crippen LogP contribution < -0.4 is 16.0 Å². The standard InChI is InChI=1S/C22H20N6O2/c1-26-21(30)17-6-2-3-7-19(17)24-22(26)27-12-15(13-27)14-28-20(29)9-8-18(25-28)16-5-4-10-23-11-16/h2-11,15H,12-14H2,1H3. The number of aromatic nitrogens is 5. The summed E-state index contributed by atoms with van der Waals surface area (Å²) in [5, 5.41) is 5.12. The third-order valence-corrected chi connectivity index (χ3v) is 5.45. The van der Waals surface area contributed by atoms with Crippen LogP contribution in [0.5, 0.6) is 0 Å². The molecule has 4 heterocycles. The summed E-state index contributed by atoms with van der Waals surface area (Å²) in [6.45, 7) is 1.94. The van der Waals surface area contributed by atoms with Crippen molar-refractivity contribution in [1.82, 2.24) is 24.3 Å². The van der Waals surface area contributed by atoms with E-state index in [1.54, 1.807) is 42.2 Å². The molecule has 1 aliphatic rings. The summed E-state index contributed by atoms with van der Waals surface area (Å²) in [5.41, 5.74) is 2.11. The minimum Gasteiger partial charge on any atom is -0.341 e. The molecule has 0 saturated carbocycles. The van der Waals surface area contributed by atoms with Gasteiger partial charge in [0.05, 0.1) is 23.1 Å². The van der Waals surface area contributed by atoms with E-state index in [1.807, 2.05) is 30.3 Å². The minimum absolute atomic E-state index is 0.0545. The minimum atomic E-state index is -0.127. The van der Waals surface area contributed by atoms with Crippen molar-refractivity contribution >= 4 is 16.9 Å². The summed E-state index contributed by atoms with van der Waals surface area (Å²) in [7, 11) is 1.74. The Morgan fingerprint density at radius 3 is 2.67 bits per heavy atom. The molecule has 8 heteroatoms. The van der Waals surface area contributed by atoms with Crippen LogP contribution >= 0.6 is 0 Å². The smallest absolute Gasteiger partial charge is 0.266 e. The highest BCUT2D eigenvalue weighted by molar-refractivity contribution is 5.78. The molecule has 8 nitrogen and oxygen atoms in total. The lowest BCUT2D eigenvalue weighted by molar-refractivity contribution is 0.329. The van der Waals surface area contributed by atoms with Crippen molar-refractivity contribution in [3.05, 3.63) is 81.6 Å². The molecular weight excluding hydrogens is 380 g/mol. The molecule has 5 rings (SSSR count). The van der Waals surface area contributed by atoms with Crippen molar-refractivity contribution < 1.29 is 0 Å². The topological polar surface area (TPSA) is 85.9 Å². The van der Waals surface area contributed by atoms with E-state index in [4.69, 9.17) is 0 Å². The van der Waals surface area contributed by atoms with Crippen LogP contribution in [-0.2, 0) is 13.6 Å². The fraction of sp³-hybridized carbons (Fsp3) is 0.227. The van der Waals surface area contributed by atoms with Gasteiger partial charge in [0, 0.05) is 50.1 Å². The highest BCUT2D eigenvalue weighted by Gasteiger charge is 2.30. The van der Waals surface area contributed by atoms with Gasteiger partial charge in [0.25, 0.3) is 11.1 Å². The van der Waals surface area contributed by atoms with Gasteiger partial charge < -0.3 is 4.90 Å². The van der Waals surface area contributed by atoms with E-state index in [0.29, 0.717) is 36.5 Å². The van der Waals surface area contributed by atoms with Gasteiger partial charge in [-0.05, 0) is 30.3 Å². The van der Waals surface area contributed by atoms with Crippen molar-refractivity contribution in [3.8, 4) is 11.3 Å². The largest absolute Gasteiger partial charge is 0.341 e. The fourth-order valence-electron chi connectivity index (χ4n) is 3.83. The maximum atomic E-state index is 12.6. The number of benzene rings is 1. The lowest BCUT2D eigenvalue weighted by Gasteiger charge is -2.40. The lowest BCUT2D eigenvalue weighted by atomic mass is 10.0. The summed E-state index contributed by atoms with van der Waals surface area (Å²) < 4.78 is 3.10. The van der Waals surface area contributed by atoms with Crippen LogP contribution in [0, 0.1) is 5.92 Å². The summed E-state index contributed by atoms with van der Waals surface area (Å²) in [4.78, 5) is 35.8. The zero-order valence-corrected chi connectivity index (χ0v) is 16.5. The Balaban J connectivity index is 1.35. The number of nitrogens with zero attached hydrogens (tertiary/aromatic N) is 6. The van der Waals surface area contributed by atoms with Crippen molar-refractivity contribution in [3.63, 3.8) is 0 Å². The van der Waals surface area contributed by atoms with Crippen molar-refractivity contribution in [2.45, 2.75) is 6.54 Å². The summed E-state index contributed by atoms with van der Waals surface area (Å²) in [6, 6.07) is 14.4. The van der Waals surface area contributed by atoms with Crippen LogP contribution in [0.15, 0.2) is 70.5 Å². The molecule has 1 aliphatic heterocycles. The third-order valence-electron chi connectivity index (χ3n) is 5.45. The number of rotatable bonds is 4. The fourth-order valence-corrected chi connectivity index (χ4v) is 3.83. The molecule has 0 atom stereocenters. The molecule has 3 aromatic heterocycles. The molecule has 4 aromatic rings. The van der Waals surface area contributed by atoms with Gasteiger partial charge in [-0.25, -0.2) is 9.67 Å². The number of pyridine rings is 1. The van der Waals surface area contributed by atoms with Crippen molar-refractivity contribution in [2.75, 3.05) is 18.0 Å². The Hall–Kier alpha value is -3.81. The number of hydrogen-bond donors (Lipinski definition) is 0. The van der Waals surface area contributed by atoms with E-state index in [0.717, 1.165) is 11.3 Å². The van der Waals surface area contributed by atoms with Gasteiger partial charge >= 0.3 is 0 Å². The van der Waals surface area contributed by atoms with Crippen LogP contribution in [0.4, 0.5) is 5.95 Å². The quantitative estimate of drug-likeness (QED) is 0.518. The molecule has 0 bridgehead atoms. The van der Waals surface area contributed by atoms with Crippen LogP contribution in [0.25, 0.3) is 22.2 Å². The van der Waals surface area contributed by atoms with Gasteiger partial charge in [-0.1, -0.05) is 12.1 Å². The highest BCUT2D eigenvalue weighted by atomic mass is 16.1. The van der Waals surface area contributed by atoms with E-state index in [-0.39, 0.29) is 17.0 Å². The molecule has 0 spiro atoms. The molecule has 0 amide bonds. The Morgan fingerprint density at radius 2 is 1.87 bits per heavy atom. The summed E-state index contributed by atoms with van der Waals surface area (Å²) in [5.74, 6) is 0.905. The number of hydrogen-bond acceptors (Lipinski definition) is 6. The number of fused-ring (bicyclic) bond motifs is 1. The van der Waals surface area contributed by atoms with E-state index in [1.165, 1.54) is 4.68 Å². The highest BCUT2D eigenvalue weighted by Crippen LogP contribution is 2.24. The van der Waals surface area contributed by atoms with Gasteiger partial charge in [0.1, 0.15) is 0 Å². The van der Waals surface area contributed by atoms with Crippen LogP contribution in [0.1, 0.15) is 0 Å². The summed E-state index contributed by atoms with van der Waals surface area (Å²) >= 11 is 0. The monoisotopic (exact) mass is 400 g/mol. The van der Waals surface area contributed by atoms with E-state index in [2.05, 4.69) is 20.0 Å². The van der Waals surface area contributed by atoms with E-state index < -0.39 is 0 Å². The zero-order valence-electron chi connectivity index (χ0n) is 16.5. The molecular formula is C22H20N6O2. The lowest BCUT2D eigenvalue weighted by Crippen LogP contribution is -2.51. The third kappa shape index (κ3) is 3.16. The number of para-hydroxylation sites is 1. The first-order chi connectivity index (χ1) is 14.6. The van der Waals surface area contributed by atoms with E-state index in [9.17, 15) is 9.59 Å². The van der Waals surface area contributed by atoms with Gasteiger partial charge in [-0.15, -0.1) is 0 Å². The molecule has 1 fully saturated rings. The second-order valence-corrected chi connectivity index (χ2v) is 7.54. The van der Waals surface area contributed by atoms with Crippen LogP contribution in [0.2, 0.25) is 0 Å². The molecule has 30 heavy (non-hydrogen) atoms. The van der Waals surface area contributed by atoms with E-state index >= 15 is 0 Å². The Labute approximate surface area is 172 Å². The SMILES string of the molecule is Cn1c(N2CC(Cn3nc(-c4cccnc4)ccc3=O)C2)nc2ccccc2c1=O.